The number of nitrogens with one attached hydrogen (secondary N) is 1. The highest BCUT2D eigenvalue weighted by Crippen LogP contribution is 2.09. The summed E-state index contributed by atoms with van der Waals surface area (Å²) in [7, 11) is 1.75. The van der Waals surface area contributed by atoms with Gasteiger partial charge in [-0.15, -0.1) is 0 Å². The van der Waals surface area contributed by atoms with E-state index in [0.29, 0.717) is 32.7 Å². The first kappa shape index (κ1) is 13.4. The van der Waals surface area contributed by atoms with E-state index in [-0.39, 0.29) is 11.9 Å². The third kappa shape index (κ3) is 3.73. The number of hydrogen-bond acceptors (Lipinski definition) is 4. The molecular weight excluding hydrogens is 208 g/mol. The largest absolute Gasteiger partial charge is 0.390 e. The molecule has 1 rings (SSSR count). The van der Waals surface area contributed by atoms with Crippen LogP contribution in [0.3, 0.4) is 0 Å². The maximum atomic E-state index is 11.8. The molecule has 5 nitrogen and oxygen atoms in total. The maximum Gasteiger partial charge on any atom is 0.222 e. The van der Waals surface area contributed by atoms with Crippen LogP contribution in [0.15, 0.2) is 0 Å². The number of carbonyl (C=O) groups excluding carboxylic acids is 1. The molecule has 0 bridgehead atoms. The molecule has 16 heavy (non-hydrogen) atoms. The average molecular weight is 230 g/mol. The van der Waals surface area contributed by atoms with Gasteiger partial charge < -0.3 is 20.1 Å². The van der Waals surface area contributed by atoms with Crippen LogP contribution in [0.25, 0.3) is 0 Å². The molecule has 5 heteroatoms. The number of aliphatic hydroxyl groups is 1. The summed E-state index contributed by atoms with van der Waals surface area (Å²) in [6.45, 7) is 4.50. The van der Waals surface area contributed by atoms with Crippen LogP contribution >= 0.6 is 0 Å². The van der Waals surface area contributed by atoms with E-state index in [2.05, 4.69) is 5.32 Å². The van der Waals surface area contributed by atoms with E-state index in [1.807, 2.05) is 6.92 Å². The predicted octanol–water partition coefficient (Wildman–Crippen LogP) is -0.406. The fourth-order valence-corrected chi connectivity index (χ4v) is 1.88. The lowest BCUT2D eigenvalue weighted by atomic mass is 10.1. The molecule has 0 aromatic rings. The Balaban J connectivity index is 2.24. The third-order valence-corrected chi connectivity index (χ3v) is 2.93. The van der Waals surface area contributed by atoms with E-state index in [1.165, 1.54) is 0 Å². The second-order valence-electron chi connectivity index (χ2n) is 4.10. The van der Waals surface area contributed by atoms with Gasteiger partial charge in [-0.25, -0.2) is 0 Å². The van der Waals surface area contributed by atoms with Gasteiger partial charge in [0.1, 0.15) is 0 Å². The number of hydrogen-bond donors (Lipinski definition) is 2. The number of aliphatic hydroxyl groups excluding tert-OH is 1. The van der Waals surface area contributed by atoms with E-state index in [1.54, 1.807) is 11.9 Å². The molecule has 1 heterocycles. The van der Waals surface area contributed by atoms with Crippen molar-refractivity contribution in [3.05, 3.63) is 0 Å². The third-order valence-electron chi connectivity index (χ3n) is 2.93. The van der Waals surface area contributed by atoms with E-state index in [0.717, 1.165) is 6.42 Å². The standard InChI is InChI=1S/C11H22N2O3/c1-3-16-6-4-5-11(15)13(2)9-7-12-8-10(9)14/h9-10,12,14H,3-8H2,1-2H3/t9-,10-/m0/s1. The Hall–Kier alpha value is -0.650. The number of β-amino-alcohol motifs (C(OH)–C–C–N with tert-alkyl or cyclic N) is 1. The van der Waals surface area contributed by atoms with Crippen LogP contribution in [0.4, 0.5) is 0 Å². The maximum absolute atomic E-state index is 11.8. The van der Waals surface area contributed by atoms with Crippen molar-refractivity contribution in [2.45, 2.75) is 31.9 Å². The monoisotopic (exact) mass is 230 g/mol. The molecule has 2 N–H and O–H groups in total. The van der Waals surface area contributed by atoms with Crippen LogP contribution in [0.5, 0.6) is 0 Å². The number of amides is 1. The van der Waals surface area contributed by atoms with Gasteiger partial charge >= 0.3 is 0 Å². The molecule has 1 fully saturated rings. The van der Waals surface area contributed by atoms with Crippen LogP contribution in [-0.4, -0.2) is 61.4 Å². The zero-order valence-electron chi connectivity index (χ0n) is 10.1. The van der Waals surface area contributed by atoms with Crippen molar-refractivity contribution >= 4 is 5.91 Å². The van der Waals surface area contributed by atoms with Gasteiger partial charge in [-0.2, -0.15) is 0 Å². The second kappa shape index (κ2) is 6.83. The highest BCUT2D eigenvalue weighted by Gasteiger charge is 2.30. The SMILES string of the molecule is CCOCCCC(=O)N(C)[C@H]1CNC[C@@H]1O. The summed E-state index contributed by atoms with van der Waals surface area (Å²) in [5.74, 6) is 0.0763. The van der Waals surface area contributed by atoms with Gasteiger partial charge in [0, 0.05) is 39.8 Å². The Morgan fingerprint density at radius 1 is 1.56 bits per heavy atom. The zero-order valence-corrected chi connectivity index (χ0v) is 10.1. The fourth-order valence-electron chi connectivity index (χ4n) is 1.88. The van der Waals surface area contributed by atoms with Crippen molar-refractivity contribution < 1.29 is 14.6 Å². The van der Waals surface area contributed by atoms with E-state index in [4.69, 9.17) is 4.74 Å². The highest BCUT2D eigenvalue weighted by atomic mass is 16.5. The Morgan fingerprint density at radius 2 is 2.31 bits per heavy atom. The first-order valence-electron chi connectivity index (χ1n) is 5.89. The highest BCUT2D eigenvalue weighted by molar-refractivity contribution is 5.76. The van der Waals surface area contributed by atoms with Crippen molar-refractivity contribution in [3.8, 4) is 0 Å². The minimum Gasteiger partial charge on any atom is -0.390 e. The van der Waals surface area contributed by atoms with E-state index >= 15 is 0 Å². The van der Waals surface area contributed by atoms with Gasteiger partial charge in [0.2, 0.25) is 5.91 Å². The van der Waals surface area contributed by atoms with E-state index in [9.17, 15) is 9.90 Å². The summed E-state index contributed by atoms with van der Waals surface area (Å²) >= 11 is 0. The van der Waals surface area contributed by atoms with Crippen molar-refractivity contribution in [1.82, 2.24) is 10.2 Å². The first-order chi connectivity index (χ1) is 7.66. The number of ether oxygens (including phenoxy) is 1. The smallest absolute Gasteiger partial charge is 0.222 e. The van der Waals surface area contributed by atoms with Gasteiger partial charge in [0.05, 0.1) is 12.1 Å². The minimum atomic E-state index is -0.444. The Labute approximate surface area is 96.8 Å². The number of likely N-dealkylation sites (N-methyl/N-ethyl adjacent to an activating group) is 1. The molecule has 0 saturated carbocycles. The van der Waals surface area contributed by atoms with Crippen LogP contribution in [0.2, 0.25) is 0 Å². The van der Waals surface area contributed by atoms with Crippen LogP contribution < -0.4 is 5.32 Å². The predicted molar refractivity (Wildman–Crippen MR) is 61.2 cm³/mol. The molecule has 0 spiro atoms. The molecule has 1 amide bonds. The van der Waals surface area contributed by atoms with E-state index < -0.39 is 6.10 Å². The van der Waals surface area contributed by atoms with Crippen molar-refractivity contribution in [2.75, 3.05) is 33.4 Å². The summed E-state index contributed by atoms with van der Waals surface area (Å²) in [5, 5.41) is 12.7. The molecule has 1 aliphatic rings. The van der Waals surface area contributed by atoms with Gasteiger partial charge in [-0.1, -0.05) is 0 Å². The molecular formula is C11H22N2O3. The first-order valence-corrected chi connectivity index (χ1v) is 5.89. The van der Waals surface area contributed by atoms with Crippen molar-refractivity contribution in [3.63, 3.8) is 0 Å². The lowest BCUT2D eigenvalue weighted by Crippen LogP contribution is -2.44. The molecule has 2 atom stereocenters. The summed E-state index contributed by atoms with van der Waals surface area (Å²) < 4.78 is 5.18. The summed E-state index contributed by atoms with van der Waals surface area (Å²) in [4.78, 5) is 13.4. The number of rotatable bonds is 6. The summed E-state index contributed by atoms with van der Waals surface area (Å²) in [6.07, 6.45) is 0.785. The van der Waals surface area contributed by atoms with Crippen molar-refractivity contribution in [1.29, 1.82) is 0 Å². The topological polar surface area (TPSA) is 61.8 Å². The fraction of sp³-hybridized carbons (Fsp3) is 0.909. The molecule has 0 radical (unpaired) electrons. The van der Waals surface area contributed by atoms with Crippen LogP contribution in [0.1, 0.15) is 19.8 Å². The van der Waals surface area contributed by atoms with Crippen molar-refractivity contribution in [2.24, 2.45) is 0 Å². The lowest BCUT2D eigenvalue weighted by Gasteiger charge is -2.26. The molecule has 0 aliphatic carbocycles. The zero-order chi connectivity index (χ0) is 12.0. The summed E-state index contributed by atoms with van der Waals surface area (Å²) in [6, 6.07) is -0.0837. The average Bonchev–Trinajstić information content (AvgIpc) is 2.69. The van der Waals surface area contributed by atoms with Gasteiger partial charge in [0.15, 0.2) is 0 Å². The lowest BCUT2D eigenvalue weighted by molar-refractivity contribution is -0.133. The minimum absolute atomic E-state index is 0.0763. The molecule has 1 saturated heterocycles. The Morgan fingerprint density at radius 3 is 2.88 bits per heavy atom. The molecule has 94 valence electrons. The van der Waals surface area contributed by atoms with Crippen LogP contribution in [-0.2, 0) is 9.53 Å². The molecule has 0 aromatic carbocycles. The normalized spacial score (nSPS) is 24.7. The number of nitrogens with zero attached hydrogens (tertiary/aromatic N) is 1. The van der Waals surface area contributed by atoms with Crippen LogP contribution in [0, 0.1) is 0 Å². The molecule has 0 unspecified atom stereocenters. The van der Waals surface area contributed by atoms with Gasteiger partial charge in [-0.05, 0) is 13.3 Å². The van der Waals surface area contributed by atoms with Gasteiger partial charge in [-0.3, -0.25) is 4.79 Å². The molecule has 0 aromatic heterocycles. The quantitative estimate of drug-likeness (QED) is 0.609. The molecule has 1 aliphatic heterocycles. The second-order valence-corrected chi connectivity index (χ2v) is 4.10. The summed E-state index contributed by atoms with van der Waals surface area (Å²) in [5.41, 5.74) is 0. The Kier molecular flexibility index (Phi) is 5.73. The Bertz CT molecular complexity index is 223. The number of carbonyl (C=O) groups is 1. The van der Waals surface area contributed by atoms with Gasteiger partial charge in [0.25, 0.3) is 0 Å².